The molecule has 2 heterocycles. The number of likely N-dealkylation sites (tertiary alicyclic amines) is 2. The smallest absolute Gasteiger partial charge is 0.320 e. The Kier molecular flexibility index (Phi) is 5.23. The van der Waals surface area contributed by atoms with Crippen molar-refractivity contribution in [2.24, 2.45) is 5.92 Å². The number of carboxylic acids is 1. The molecule has 0 saturated carbocycles. The maximum Gasteiger partial charge on any atom is 0.320 e. The molecule has 114 valence electrons. The molecule has 2 saturated heterocycles. The van der Waals surface area contributed by atoms with E-state index in [9.17, 15) is 14.7 Å². The SMILES string of the molecule is O=C(O)[C@@H]1CCCN(C(=O)N2CCCCCC2CO)C1. The number of carbonyl (C=O) groups is 2. The summed E-state index contributed by atoms with van der Waals surface area (Å²) in [5, 5.41) is 18.6. The van der Waals surface area contributed by atoms with E-state index < -0.39 is 11.9 Å². The molecule has 0 aromatic heterocycles. The minimum absolute atomic E-state index is 0.0120. The number of aliphatic carboxylic acids is 1. The molecule has 0 spiro atoms. The Labute approximate surface area is 119 Å². The molecule has 0 aromatic carbocycles. The van der Waals surface area contributed by atoms with Crippen LogP contribution in [0.15, 0.2) is 0 Å². The van der Waals surface area contributed by atoms with Crippen molar-refractivity contribution in [3.05, 3.63) is 0 Å². The number of amides is 2. The second kappa shape index (κ2) is 6.92. The summed E-state index contributed by atoms with van der Waals surface area (Å²) in [6.07, 6.45) is 5.28. The molecule has 2 fully saturated rings. The Balaban J connectivity index is 2.02. The highest BCUT2D eigenvalue weighted by Gasteiger charge is 2.33. The number of hydrogen-bond donors (Lipinski definition) is 2. The van der Waals surface area contributed by atoms with Crippen LogP contribution in [0.1, 0.15) is 38.5 Å². The van der Waals surface area contributed by atoms with E-state index in [0.29, 0.717) is 26.1 Å². The monoisotopic (exact) mass is 284 g/mol. The number of urea groups is 1. The zero-order valence-electron chi connectivity index (χ0n) is 11.8. The van der Waals surface area contributed by atoms with Crippen LogP contribution in [0.25, 0.3) is 0 Å². The normalized spacial score (nSPS) is 28.1. The molecule has 2 atom stereocenters. The molecule has 6 nitrogen and oxygen atoms in total. The zero-order chi connectivity index (χ0) is 14.5. The summed E-state index contributed by atoms with van der Waals surface area (Å²) < 4.78 is 0. The quantitative estimate of drug-likeness (QED) is 0.797. The van der Waals surface area contributed by atoms with Crippen LogP contribution in [-0.4, -0.2) is 64.3 Å². The molecule has 2 rings (SSSR count). The van der Waals surface area contributed by atoms with Gasteiger partial charge in [0.25, 0.3) is 0 Å². The van der Waals surface area contributed by atoms with Gasteiger partial charge in [-0.2, -0.15) is 0 Å². The van der Waals surface area contributed by atoms with E-state index in [4.69, 9.17) is 5.11 Å². The summed E-state index contributed by atoms with van der Waals surface area (Å²) in [6.45, 7) is 1.57. The molecular weight excluding hydrogens is 260 g/mol. The van der Waals surface area contributed by atoms with Crippen LogP contribution >= 0.6 is 0 Å². The van der Waals surface area contributed by atoms with E-state index in [1.54, 1.807) is 9.80 Å². The van der Waals surface area contributed by atoms with E-state index in [1.165, 1.54) is 0 Å². The van der Waals surface area contributed by atoms with E-state index >= 15 is 0 Å². The molecule has 1 unspecified atom stereocenters. The number of aliphatic hydroxyl groups excluding tert-OH is 1. The van der Waals surface area contributed by atoms with Crippen LogP contribution in [0.4, 0.5) is 4.79 Å². The average molecular weight is 284 g/mol. The first-order valence-electron chi connectivity index (χ1n) is 7.52. The minimum atomic E-state index is -0.822. The van der Waals surface area contributed by atoms with Crippen molar-refractivity contribution in [3.8, 4) is 0 Å². The molecule has 0 bridgehead atoms. The van der Waals surface area contributed by atoms with Gasteiger partial charge in [0.05, 0.1) is 18.6 Å². The lowest BCUT2D eigenvalue weighted by Crippen LogP contribution is -2.52. The first-order valence-corrected chi connectivity index (χ1v) is 7.52. The van der Waals surface area contributed by atoms with Crippen LogP contribution in [0.2, 0.25) is 0 Å². The van der Waals surface area contributed by atoms with Crippen molar-refractivity contribution in [2.75, 3.05) is 26.2 Å². The van der Waals surface area contributed by atoms with Crippen molar-refractivity contribution in [1.29, 1.82) is 0 Å². The maximum absolute atomic E-state index is 12.6. The third kappa shape index (κ3) is 3.42. The molecule has 2 N–H and O–H groups in total. The number of nitrogens with zero attached hydrogens (tertiary/aromatic N) is 2. The van der Waals surface area contributed by atoms with Crippen LogP contribution in [0.5, 0.6) is 0 Å². The van der Waals surface area contributed by atoms with E-state index in [-0.39, 0.29) is 18.7 Å². The van der Waals surface area contributed by atoms with E-state index in [1.807, 2.05) is 0 Å². The van der Waals surface area contributed by atoms with Gasteiger partial charge in [-0.15, -0.1) is 0 Å². The number of carboxylic acid groups (broad SMARTS) is 1. The molecule has 20 heavy (non-hydrogen) atoms. The number of piperidine rings is 1. The van der Waals surface area contributed by atoms with E-state index in [2.05, 4.69) is 0 Å². The first kappa shape index (κ1) is 15.1. The maximum atomic E-state index is 12.6. The summed E-state index contributed by atoms with van der Waals surface area (Å²) in [6, 6.07) is -0.216. The lowest BCUT2D eigenvalue weighted by Gasteiger charge is -2.37. The Bertz CT molecular complexity index is 361. The Morgan fingerprint density at radius 2 is 1.85 bits per heavy atom. The van der Waals surface area contributed by atoms with Gasteiger partial charge in [-0.1, -0.05) is 12.8 Å². The molecule has 0 aliphatic carbocycles. The fourth-order valence-corrected chi connectivity index (χ4v) is 3.15. The second-order valence-corrected chi connectivity index (χ2v) is 5.79. The van der Waals surface area contributed by atoms with Crippen LogP contribution < -0.4 is 0 Å². The minimum Gasteiger partial charge on any atom is -0.481 e. The number of carbonyl (C=O) groups excluding carboxylic acids is 1. The summed E-state index contributed by atoms with van der Waals surface area (Å²) >= 11 is 0. The second-order valence-electron chi connectivity index (χ2n) is 5.79. The Morgan fingerprint density at radius 1 is 1.05 bits per heavy atom. The highest BCUT2D eigenvalue weighted by Crippen LogP contribution is 2.22. The topological polar surface area (TPSA) is 81.1 Å². The van der Waals surface area contributed by atoms with Crippen molar-refractivity contribution in [3.63, 3.8) is 0 Å². The zero-order valence-corrected chi connectivity index (χ0v) is 11.8. The summed E-state index contributed by atoms with van der Waals surface area (Å²) in [5.74, 6) is -1.27. The number of aliphatic hydroxyl groups is 1. The lowest BCUT2D eigenvalue weighted by atomic mass is 9.98. The van der Waals surface area contributed by atoms with Crippen LogP contribution in [0.3, 0.4) is 0 Å². The Morgan fingerprint density at radius 3 is 2.55 bits per heavy atom. The van der Waals surface area contributed by atoms with Crippen molar-refractivity contribution < 1.29 is 19.8 Å². The van der Waals surface area contributed by atoms with Gasteiger partial charge in [0.15, 0.2) is 0 Å². The molecule has 2 aliphatic rings. The predicted molar refractivity (Wildman–Crippen MR) is 73.4 cm³/mol. The third-order valence-corrected chi connectivity index (χ3v) is 4.37. The van der Waals surface area contributed by atoms with Gasteiger partial charge in [0, 0.05) is 19.6 Å². The third-order valence-electron chi connectivity index (χ3n) is 4.37. The van der Waals surface area contributed by atoms with E-state index in [0.717, 1.165) is 32.1 Å². The van der Waals surface area contributed by atoms with Gasteiger partial charge in [-0.25, -0.2) is 4.79 Å². The predicted octanol–water partition coefficient (Wildman–Crippen LogP) is 1.14. The van der Waals surface area contributed by atoms with Crippen molar-refractivity contribution >= 4 is 12.0 Å². The van der Waals surface area contributed by atoms with Gasteiger partial charge >= 0.3 is 12.0 Å². The summed E-state index contributed by atoms with van der Waals surface area (Å²) in [5.41, 5.74) is 0. The molecule has 2 aliphatic heterocycles. The molecular formula is C14H24N2O4. The van der Waals surface area contributed by atoms with Crippen LogP contribution in [-0.2, 0) is 4.79 Å². The highest BCUT2D eigenvalue weighted by molar-refractivity contribution is 5.77. The average Bonchev–Trinajstić information content (AvgIpc) is 2.71. The lowest BCUT2D eigenvalue weighted by molar-refractivity contribution is -0.143. The number of hydrogen-bond acceptors (Lipinski definition) is 3. The fourth-order valence-electron chi connectivity index (χ4n) is 3.15. The number of rotatable bonds is 2. The van der Waals surface area contributed by atoms with Gasteiger partial charge in [-0.3, -0.25) is 4.79 Å². The standard InChI is InChI=1S/C14H24N2O4/c17-10-12-6-2-1-3-8-16(12)14(20)15-7-4-5-11(9-15)13(18)19/h11-12,17H,1-10H2,(H,18,19)/t11-,12?/m1/s1. The summed E-state index contributed by atoms with van der Waals surface area (Å²) in [4.78, 5) is 27.1. The fraction of sp³-hybridized carbons (Fsp3) is 0.857. The molecule has 2 amide bonds. The Hall–Kier alpha value is -1.30. The summed E-state index contributed by atoms with van der Waals surface area (Å²) in [7, 11) is 0. The first-order chi connectivity index (χ1) is 9.63. The van der Waals surface area contributed by atoms with Gasteiger partial charge < -0.3 is 20.0 Å². The van der Waals surface area contributed by atoms with Gasteiger partial charge in [0.2, 0.25) is 0 Å². The van der Waals surface area contributed by atoms with Gasteiger partial charge in [-0.05, 0) is 25.7 Å². The largest absolute Gasteiger partial charge is 0.481 e. The molecule has 0 aromatic rings. The van der Waals surface area contributed by atoms with Gasteiger partial charge in [0.1, 0.15) is 0 Å². The van der Waals surface area contributed by atoms with Crippen LogP contribution in [0, 0.1) is 5.92 Å². The molecule has 6 heteroatoms. The molecule has 0 radical (unpaired) electrons. The van der Waals surface area contributed by atoms with Crippen molar-refractivity contribution in [2.45, 2.75) is 44.6 Å². The highest BCUT2D eigenvalue weighted by atomic mass is 16.4. The van der Waals surface area contributed by atoms with Crippen molar-refractivity contribution in [1.82, 2.24) is 9.80 Å².